The fourth-order valence-electron chi connectivity index (χ4n) is 2.35. The number of benzene rings is 1. The van der Waals surface area contributed by atoms with Crippen LogP contribution >= 0.6 is 0 Å². The smallest absolute Gasteiger partial charge is 0.123 e. The summed E-state index contributed by atoms with van der Waals surface area (Å²) in [5, 5.41) is 3.53. The van der Waals surface area contributed by atoms with Crippen molar-refractivity contribution in [2.75, 3.05) is 13.2 Å². The Kier molecular flexibility index (Phi) is 6.46. The number of hydrogen-bond acceptors (Lipinski definition) is 2. The lowest BCUT2D eigenvalue weighted by Gasteiger charge is -2.38. The van der Waals surface area contributed by atoms with Crippen LogP contribution in [0.3, 0.4) is 0 Å². The van der Waals surface area contributed by atoms with Crippen molar-refractivity contribution in [2.45, 2.75) is 52.2 Å². The molecule has 0 bridgehead atoms. The summed E-state index contributed by atoms with van der Waals surface area (Å²) in [6.07, 6.45) is 1.96. The third-order valence-corrected chi connectivity index (χ3v) is 3.59. The average Bonchev–Trinajstić information content (AvgIpc) is 2.41. The van der Waals surface area contributed by atoms with E-state index in [2.05, 4.69) is 26.1 Å². The summed E-state index contributed by atoms with van der Waals surface area (Å²) < 4.78 is 19.0. The second-order valence-corrected chi connectivity index (χ2v) is 5.04. The summed E-state index contributed by atoms with van der Waals surface area (Å²) in [5.74, 6) is -0.201. The first kappa shape index (κ1) is 16.1. The number of halogens is 1. The van der Waals surface area contributed by atoms with Crippen molar-refractivity contribution in [3.8, 4) is 0 Å². The highest BCUT2D eigenvalue weighted by Crippen LogP contribution is 2.32. The summed E-state index contributed by atoms with van der Waals surface area (Å²) >= 11 is 0. The summed E-state index contributed by atoms with van der Waals surface area (Å²) in [6.45, 7) is 9.99. The highest BCUT2D eigenvalue weighted by atomic mass is 19.1. The Morgan fingerprint density at radius 1 is 1.21 bits per heavy atom. The van der Waals surface area contributed by atoms with Gasteiger partial charge < -0.3 is 10.1 Å². The lowest BCUT2D eigenvalue weighted by Crippen LogP contribution is -2.43. The van der Waals surface area contributed by atoms with Crippen LogP contribution in [0.1, 0.15) is 52.1 Å². The molecule has 0 aliphatic carbocycles. The molecule has 0 fully saturated rings. The van der Waals surface area contributed by atoms with Gasteiger partial charge in [0.25, 0.3) is 0 Å². The minimum absolute atomic E-state index is 0.0815. The predicted octanol–water partition coefficient (Wildman–Crippen LogP) is 4.07. The third kappa shape index (κ3) is 4.29. The van der Waals surface area contributed by atoms with Gasteiger partial charge in [0.15, 0.2) is 0 Å². The number of rotatable bonds is 8. The van der Waals surface area contributed by atoms with Gasteiger partial charge in [0, 0.05) is 6.61 Å². The molecule has 1 rings (SSSR count). The third-order valence-electron chi connectivity index (χ3n) is 3.59. The van der Waals surface area contributed by atoms with Crippen LogP contribution in [0.15, 0.2) is 24.3 Å². The van der Waals surface area contributed by atoms with Crippen LogP contribution in [0, 0.1) is 5.82 Å². The topological polar surface area (TPSA) is 21.3 Å². The van der Waals surface area contributed by atoms with E-state index >= 15 is 0 Å². The SMILES string of the molecule is CCCNC(c1ccc(F)cc1)C(C)(CC)OCC. The normalized spacial score (nSPS) is 16.1. The van der Waals surface area contributed by atoms with Crippen LogP contribution in [0.2, 0.25) is 0 Å². The van der Waals surface area contributed by atoms with Crippen molar-refractivity contribution in [3.63, 3.8) is 0 Å². The van der Waals surface area contributed by atoms with Crippen molar-refractivity contribution in [2.24, 2.45) is 0 Å². The molecule has 0 radical (unpaired) electrons. The van der Waals surface area contributed by atoms with Crippen molar-refractivity contribution in [1.29, 1.82) is 0 Å². The second-order valence-electron chi connectivity index (χ2n) is 5.04. The van der Waals surface area contributed by atoms with Crippen molar-refractivity contribution < 1.29 is 9.13 Å². The predicted molar refractivity (Wildman–Crippen MR) is 77.8 cm³/mol. The lowest BCUT2D eigenvalue weighted by atomic mass is 9.87. The molecule has 108 valence electrons. The molecule has 1 aromatic rings. The van der Waals surface area contributed by atoms with Gasteiger partial charge in [-0.05, 0) is 50.9 Å². The maximum atomic E-state index is 13.1. The van der Waals surface area contributed by atoms with E-state index in [0.29, 0.717) is 6.61 Å². The van der Waals surface area contributed by atoms with Crippen LogP contribution in [0.25, 0.3) is 0 Å². The molecule has 0 aliphatic rings. The maximum Gasteiger partial charge on any atom is 0.123 e. The van der Waals surface area contributed by atoms with Crippen molar-refractivity contribution in [1.82, 2.24) is 5.32 Å². The van der Waals surface area contributed by atoms with Crippen LogP contribution < -0.4 is 5.32 Å². The molecule has 0 saturated carbocycles. The molecule has 0 aromatic heterocycles. The van der Waals surface area contributed by atoms with E-state index in [-0.39, 0.29) is 17.5 Å². The van der Waals surface area contributed by atoms with E-state index in [9.17, 15) is 4.39 Å². The zero-order valence-corrected chi connectivity index (χ0v) is 12.5. The largest absolute Gasteiger partial charge is 0.374 e. The molecule has 19 heavy (non-hydrogen) atoms. The molecule has 2 atom stereocenters. The summed E-state index contributed by atoms with van der Waals surface area (Å²) in [4.78, 5) is 0. The first-order valence-electron chi connectivity index (χ1n) is 7.20. The molecule has 0 saturated heterocycles. The molecule has 2 nitrogen and oxygen atoms in total. The minimum Gasteiger partial charge on any atom is -0.374 e. The summed E-state index contributed by atoms with van der Waals surface area (Å²) in [5.41, 5.74) is 0.800. The van der Waals surface area contributed by atoms with Gasteiger partial charge in [0.2, 0.25) is 0 Å². The summed E-state index contributed by atoms with van der Waals surface area (Å²) in [6, 6.07) is 6.79. The van der Waals surface area contributed by atoms with Crippen LogP contribution in [-0.4, -0.2) is 18.8 Å². The molecule has 2 unspecified atom stereocenters. The molecule has 0 amide bonds. The first-order valence-corrected chi connectivity index (χ1v) is 7.20. The van der Waals surface area contributed by atoms with Crippen LogP contribution in [-0.2, 0) is 4.74 Å². The van der Waals surface area contributed by atoms with Crippen LogP contribution in [0.4, 0.5) is 4.39 Å². The van der Waals surface area contributed by atoms with Gasteiger partial charge in [0.05, 0.1) is 11.6 Å². The lowest BCUT2D eigenvalue weighted by molar-refractivity contribution is -0.0563. The number of nitrogens with one attached hydrogen (secondary N) is 1. The van der Waals surface area contributed by atoms with Gasteiger partial charge in [-0.15, -0.1) is 0 Å². The maximum absolute atomic E-state index is 13.1. The Labute approximate surface area is 116 Å². The van der Waals surface area contributed by atoms with Crippen molar-refractivity contribution >= 4 is 0 Å². The standard InChI is InChI=1S/C16H26FNO/c1-5-12-18-15(16(4,6-2)19-7-3)13-8-10-14(17)11-9-13/h8-11,15,18H,5-7,12H2,1-4H3. The fourth-order valence-corrected chi connectivity index (χ4v) is 2.35. The monoisotopic (exact) mass is 267 g/mol. The minimum atomic E-state index is -0.276. The van der Waals surface area contributed by atoms with Crippen LogP contribution in [0.5, 0.6) is 0 Å². The van der Waals surface area contributed by atoms with E-state index in [1.54, 1.807) is 0 Å². The quantitative estimate of drug-likeness (QED) is 0.766. The van der Waals surface area contributed by atoms with Crippen molar-refractivity contribution in [3.05, 3.63) is 35.6 Å². The van der Waals surface area contributed by atoms with Gasteiger partial charge >= 0.3 is 0 Å². The Bertz CT molecular complexity index is 366. The van der Waals surface area contributed by atoms with Gasteiger partial charge in [-0.2, -0.15) is 0 Å². The highest BCUT2D eigenvalue weighted by molar-refractivity contribution is 5.23. The van der Waals surface area contributed by atoms with Gasteiger partial charge in [-0.1, -0.05) is 26.0 Å². The Morgan fingerprint density at radius 3 is 2.32 bits per heavy atom. The summed E-state index contributed by atoms with van der Waals surface area (Å²) in [7, 11) is 0. The molecule has 3 heteroatoms. The Morgan fingerprint density at radius 2 is 1.84 bits per heavy atom. The van der Waals surface area contributed by atoms with Gasteiger partial charge in [-0.25, -0.2) is 4.39 Å². The molecule has 0 aliphatic heterocycles. The molecular weight excluding hydrogens is 241 g/mol. The fraction of sp³-hybridized carbons (Fsp3) is 0.625. The van der Waals surface area contributed by atoms with E-state index in [1.807, 2.05) is 19.1 Å². The Balaban J connectivity index is 3.01. The van der Waals surface area contributed by atoms with E-state index in [4.69, 9.17) is 4.74 Å². The zero-order chi connectivity index (χ0) is 14.3. The van der Waals surface area contributed by atoms with E-state index in [0.717, 1.165) is 24.9 Å². The molecule has 0 spiro atoms. The number of hydrogen-bond donors (Lipinski definition) is 1. The zero-order valence-electron chi connectivity index (χ0n) is 12.5. The average molecular weight is 267 g/mol. The first-order chi connectivity index (χ1) is 9.07. The Hall–Kier alpha value is -0.930. The van der Waals surface area contributed by atoms with E-state index < -0.39 is 0 Å². The molecular formula is C16H26FNO. The highest BCUT2D eigenvalue weighted by Gasteiger charge is 2.34. The van der Waals surface area contributed by atoms with E-state index in [1.165, 1.54) is 12.1 Å². The molecule has 1 N–H and O–H groups in total. The molecule has 0 heterocycles. The van der Waals surface area contributed by atoms with Gasteiger partial charge in [-0.3, -0.25) is 0 Å². The second kappa shape index (κ2) is 7.61. The number of ether oxygens (including phenoxy) is 1. The molecule has 1 aromatic carbocycles. The van der Waals surface area contributed by atoms with Gasteiger partial charge in [0.1, 0.15) is 5.82 Å².